The lowest BCUT2D eigenvalue weighted by Crippen LogP contribution is -2.39. The summed E-state index contributed by atoms with van der Waals surface area (Å²) in [5, 5.41) is 14.0. The molecule has 6 nitrogen and oxygen atoms in total. The molecule has 4 atom stereocenters. The zero-order valence-electron chi connectivity index (χ0n) is 9.15. The van der Waals surface area contributed by atoms with Gasteiger partial charge in [-0.05, 0) is 0 Å². The zero-order chi connectivity index (χ0) is 12.7. The molecule has 0 aliphatic carbocycles. The number of hydrogen-bond donors (Lipinski definition) is 2. The molecule has 3 heterocycles. The van der Waals surface area contributed by atoms with Crippen LogP contribution in [0.1, 0.15) is 0 Å². The molecule has 1 saturated heterocycles. The molecule has 18 heavy (non-hydrogen) atoms. The highest BCUT2D eigenvalue weighted by Crippen LogP contribution is 2.39. The maximum absolute atomic E-state index is 12.1. The molecule has 3 rings (SSSR count). The van der Waals surface area contributed by atoms with E-state index < -0.39 is 30.0 Å². The Bertz CT molecular complexity index is 513. The van der Waals surface area contributed by atoms with Crippen LogP contribution >= 0.6 is 11.3 Å². The van der Waals surface area contributed by atoms with Crippen molar-refractivity contribution in [1.82, 2.24) is 4.98 Å². The van der Waals surface area contributed by atoms with Gasteiger partial charge < -0.3 is 15.2 Å². The van der Waals surface area contributed by atoms with Gasteiger partial charge in [0.15, 0.2) is 5.13 Å². The summed E-state index contributed by atoms with van der Waals surface area (Å²) < 4.78 is 5.43. The Balaban J connectivity index is 1.80. The van der Waals surface area contributed by atoms with Gasteiger partial charge in [0.1, 0.15) is 5.92 Å². The molecule has 0 spiro atoms. The molecule has 1 aromatic rings. The lowest BCUT2D eigenvalue weighted by atomic mass is 9.82. The standard InChI is InChI=1S/C11H10N2O4S/c14-9(13-11-12-3-4-18-11)7-5-1-2-6(17-5)8(7)10(15)16/h1-8H,(H,15,16)(H,12,13,14)/t5-,6-,7-,8-/m0/s1. The van der Waals surface area contributed by atoms with Crippen LogP contribution in [0, 0.1) is 11.8 Å². The third-order valence-corrected chi connectivity index (χ3v) is 3.84. The minimum Gasteiger partial charge on any atom is -0.481 e. The second-order valence-corrected chi connectivity index (χ2v) is 5.06. The first-order valence-corrected chi connectivity index (χ1v) is 6.32. The Morgan fingerprint density at radius 1 is 1.33 bits per heavy atom. The van der Waals surface area contributed by atoms with E-state index in [2.05, 4.69) is 10.3 Å². The van der Waals surface area contributed by atoms with Crippen molar-refractivity contribution in [3.05, 3.63) is 23.7 Å². The lowest BCUT2D eigenvalue weighted by molar-refractivity contribution is -0.145. The van der Waals surface area contributed by atoms with Crippen molar-refractivity contribution in [3.63, 3.8) is 0 Å². The van der Waals surface area contributed by atoms with Crippen molar-refractivity contribution < 1.29 is 19.4 Å². The maximum Gasteiger partial charge on any atom is 0.310 e. The Morgan fingerprint density at radius 3 is 2.67 bits per heavy atom. The summed E-state index contributed by atoms with van der Waals surface area (Å²) in [6.07, 6.45) is 4.08. The Hall–Kier alpha value is -1.73. The Morgan fingerprint density at radius 2 is 2.06 bits per heavy atom. The molecular weight excluding hydrogens is 256 g/mol. The van der Waals surface area contributed by atoms with Crippen LogP contribution in [-0.4, -0.2) is 34.2 Å². The molecule has 1 amide bonds. The van der Waals surface area contributed by atoms with E-state index in [1.54, 1.807) is 23.7 Å². The number of aromatic nitrogens is 1. The van der Waals surface area contributed by atoms with Crippen LogP contribution in [0.5, 0.6) is 0 Å². The number of nitrogens with one attached hydrogen (secondary N) is 1. The fourth-order valence-electron chi connectivity index (χ4n) is 2.39. The number of hydrogen-bond acceptors (Lipinski definition) is 5. The van der Waals surface area contributed by atoms with E-state index in [4.69, 9.17) is 4.74 Å². The van der Waals surface area contributed by atoms with Crippen molar-refractivity contribution in [2.75, 3.05) is 5.32 Å². The highest BCUT2D eigenvalue weighted by Gasteiger charge is 2.53. The summed E-state index contributed by atoms with van der Waals surface area (Å²) >= 11 is 1.29. The molecular formula is C11H10N2O4S. The highest BCUT2D eigenvalue weighted by molar-refractivity contribution is 7.13. The van der Waals surface area contributed by atoms with Gasteiger partial charge in [-0.2, -0.15) is 0 Å². The molecule has 2 aliphatic rings. The average Bonchev–Trinajstić information content (AvgIpc) is 3.03. The number of rotatable bonds is 3. The van der Waals surface area contributed by atoms with Crippen LogP contribution in [0.15, 0.2) is 23.7 Å². The third kappa shape index (κ3) is 1.72. The maximum atomic E-state index is 12.1. The fourth-order valence-corrected chi connectivity index (χ4v) is 2.92. The molecule has 0 unspecified atom stereocenters. The molecule has 1 fully saturated rings. The fraction of sp³-hybridized carbons (Fsp3) is 0.364. The first-order chi connectivity index (χ1) is 8.66. The first-order valence-electron chi connectivity index (χ1n) is 5.44. The van der Waals surface area contributed by atoms with Gasteiger partial charge in [0.2, 0.25) is 5.91 Å². The molecule has 2 bridgehead atoms. The lowest BCUT2D eigenvalue weighted by Gasteiger charge is -2.20. The molecule has 2 N–H and O–H groups in total. The highest BCUT2D eigenvalue weighted by atomic mass is 32.1. The van der Waals surface area contributed by atoms with Crippen LogP contribution in [0.4, 0.5) is 5.13 Å². The SMILES string of the molecule is O=C(O)[C@@H]1[C@@H](C(=O)Nc2nccs2)[C@@H]2C=C[C@@H]1O2. The largest absolute Gasteiger partial charge is 0.481 e. The van der Waals surface area contributed by atoms with Crippen molar-refractivity contribution in [2.45, 2.75) is 12.2 Å². The average molecular weight is 266 g/mol. The predicted molar refractivity (Wildman–Crippen MR) is 63.2 cm³/mol. The van der Waals surface area contributed by atoms with Crippen LogP contribution < -0.4 is 5.32 Å². The van der Waals surface area contributed by atoms with E-state index in [1.807, 2.05) is 0 Å². The molecule has 2 aliphatic heterocycles. The number of carbonyl (C=O) groups excluding carboxylic acids is 1. The van der Waals surface area contributed by atoms with Gasteiger partial charge >= 0.3 is 5.97 Å². The van der Waals surface area contributed by atoms with E-state index >= 15 is 0 Å². The number of anilines is 1. The quantitative estimate of drug-likeness (QED) is 0.788. The number of nitrogens with zero attached hydrogens (tertiary/aromatic N) is 1. The normalized spacial score (nSPS) is 32.7. The van der Waals surface area contributed by atoms with Gasteiger partial charge in [0.05, 0.1) is 18.1 Å². The van der Waals surface area contributed by atoms with Crippen molar-refractivity contribution in [1.29, 1.82) is 0 Å². The van der Waals surface area contributed by atoms with E-state index in [-0.39, 0.29) is 5.91 Å². The topological polar surface area (TPSA) is 88.5 Å². The minimum atomic E-state index is -1.01. The summed E-state index contributed by atoms with van der Waals surface area (Å²) in [7, 11) is 0. The smallest absolute Gasteiger partial charge is 0.310 e. The van der Waals surface area contributed by atoms with Gasteiger partial charge in [-0.3, -0.25) is 9.59 Å². The summed E-state index contributed by atoms with van der Waals surface area (Å²) in [6, 6.07) is 0. The Labute approximate surface area is 106 Å². The van der Waals surface area contributed by atoms with Gasteiger partial charge in [0.25, 0.3) is 0 Å². The molecule has 94 valence electrons. The minimum absolute atomic E-state index is 0.353. The summed E-state index contributed by atoms with van der Waals surface area (Å²) in [5.41, 5.74) is 0. The Kier molecular flexibility index (Phi) is 2.64. The molecule has 7 heteroatoms. The molecule has 0 radical (unpaired) electrons. The van der Waals surface area contributed by atoms with Crippen LogP contribution in [0.25, 0.3) is 0 Å². The number of carboxylic acids is 1. The summed E-state index contributed by atoms with van der Waals surface area (Å²) in [5.74, 6) is -2.87. The molecule has 0 saturated carbocycles. The predicted octanol–water partition coefficient (Wildman–Crippen LogP) is 0.736. The van der Waals surface area contributed by atoms with E-state index in [0.717, 1.165) is 0 Å². The second-order valence-electron chi connectivity index (χ2n) is 4.17. The van der Waals surface area contributed by atoms with Gasteiger partial charge in [-0.15, -0.1) is 11.3 Å². The van der Waals surface area contributed by atoms with E-state index in [0.29, 0.717) is 5.13 Å². The molecule has 1 aromatic heterocycles. The van der Waals surface area contributed by atoms with Crippen molar-refractivity contribution >= 4 is 28.3 Å². The van der Waals surface area contributed by atoms with E-state index in [9.17, 15) is 14.7 Å². The van der Waals surface area contributed by atoms with Crippen molar-refractivity contribution in [3.8, 4) is 0 Å². The van der Waals surface area contributed by atoms with E-state index in [1.165, 1.54) is 11.3 Å². The summed E-state index contributed by atoms with van der Waals surface area (Å²) in [6.45, 7) is 0. The number of carbonyl (C=O) groups is 2. The van der Waals surface area contributed by atoms with Crippen LogP contribution in [-0.2, 0) is 14.3 Å². The second kappa shape index (κ2) is 4.18. The number of ether oxygens (including phenoxy) is 1. The van der Waals surface area contributed by atoms with Gasteiger partial charge in [-0.1, -0.05) is 12.2 Å². The summed E-state index contributed by atoms with van der Waals surface area (Å²) in [4.78, 5) is 27.2. The number of fused-ring (bicyclic) bond motifs is 2. The number of thiazole rings is 1. The number of carboxylic acid groups (broad SMARTS) is 1. The number of amides is 1. The molecule has 0 aromatic carbocycles. The van der Waals surface area contributed by atoms with Crippen molar-refractivity contribution in [2.24, 2.45) is 11.8 Å². The monoisotopic (exact) mass is 266 g/mol. The van der Waals surface area contributed by atoms with Crippen LogP contribution in [0.3, 0.4) is 0 Å². The zero-order valence-corrected chi connectivity index (χ0v) is 9.96. The van der Waals surface area contributed by atoms with Gasteiger partial charge in [0, 0.05) is 11.6 Å². The van der Waals surface area contributed by atoms with Gasteiger partial charge in [-0.25, -0.2) is 4.98 Å². The van der Waals surface area contributed by atoms with Crippen LogP contribution in [0.2, 0.25) is 0 Å². The third-order valence-electron chi connectivity index (χ3n) is 3.15. The first kappa shape index (κ1) is 11.4. The number of aliphatic carboxylic acids is 1.